The molecule has 5 aromatic rings. The lowest BCUT2D eigenvalue weighted by atomic mass is 10.0. The van der Waals surface area contributed by atoms with Crippen molar-refractivity contribution in [2.24, 2.45) is 0 Å². The summed E-state index contributed by atoms with van der Waals surface area (Å²) >= 11 is 1.74. The molecule has 0 aliphatic heterocycles. The van der Waals surface area contributed by atoms with E-state index in [1.807, 2.05) is 36.4 Å². The van der Waals surface area contributed by atoms with Gasteiger partial charge in [0.05, 0.1) is 11.1 Å². The molecule has 0 radical (unpaired) electrons. The Hall–Kier alpha value is -5.26. The van der Waals surface area contributed by atoms with Gasteiger partial charge in [0, 0.05) is 32.0 Å². The monoisotopic (exact) mass is 632 g/mol. The van der Waals surface area contributed by atoms with Crippen molar-refractivity contribution < 1.29 is 19.2 Å². The third kappa shape index (κ3) is 5.79. The van der Waals surface area contributed by atoms with Crippen LogP contribution in [0.2, 0.25) is 0 Å². The highest BCUT2D eigenvalue weighted by Crippen LogP contribution is 2.40. The molecule has 0 N–H and O–H groups in total. The topological polar surface area (TPSA) is 68.3 Å². The van der Waals surface area contributed by atoms with Gasteiger partial charge in [-0.15, -0.1) is 11.3 Å². The number of Topliss-reactive ketones (excluding diaryl/α,β-unsaturated/α-hetero) is 4. The molecule has 5 heteroatoms. The van der Waals surface area contributed by atoms with Crippen LogP contribution in [0.3, 0.4) is 0 Å². The van der Waals surface area contributed by atoms with Crippen molar-refractivity contribution in [2.45, 2.75) is 39.0 Å². The van der Waals surface area contributed by atoms with Gasteiger partial charge in [-0.1, -0.05) is 123 Å². The fourth-order valence-corrected chi connectivity index (χ4v) is 7.58. The quantitative estimate of drug-likeness (QED) is 0.0921. The molecule has 1 aromatic heterocycles. The van der Waals surface area contributed by atoms with Crippen molar-refractivity contribution >= 4 is 46.6 Å². The minimum absolute atomic E-state index is 0.206. The lowest BCUT2D eigenvalue weighted by Gasteiger charge is -2.05. The Morgan fingerprint density at radius 3 is 1.43 bits per heavy atom. The highest BCUT2D eigenvalue weighted by atomic mass is 32.1. The number of fused-ring (bicyclic) bond motifs is 2. The molecule has 47 heavy (non-hydrogen) atoms. The van der Waals surface area contributed by atoms with Crippen LogP contribution in [0.25, 0.3) is 33.0 Å². The van der Waals surface area contributed by atoms with E-state index >= 15 is 0 Å². The summed E-state index contributed by atoms with van der Waals surface area (Å²) in [5.41, 5.74) is 7.37. The average molecular weight is 633 g/mol. The van der Waals surface area contributed by atoms with Crippen LogP contribution in [0.4, 0.5) is 0 Å². The number of rotatable bonds is 9. The number of carbonyl (C=O) groups excluding carboxylic acids is 4. The molecule has 7 rings (SSSR count). The Morgan fingerprint density at radius 1 is 0.532 bits per heavy atom. The van der Waals surface area contributed by atoms with Crippen LogP contribution in [-0.4, -0.2) is 23.1 Å². The lowest BCUT2D eigenvalue weighted by molar-refractivity contribution is 0.0975. The van der Waals surface area contributed by atoms with Gasteiger partial charge < -0.3 is 0 Å². The molecule has 2 aliphatic carbocycles. The van der Waals surface area contributed by atoms with Crippen molar-refractivity contribution in [3.8, 4) is 20.9 Å². The third-order valence-corrected chi connectivity index (χ3v) is 10.2. The van der Waals surface area contributed by atoms with Crippen LogP contribution in [0.5, 0.6) is 0 Å². The first kappa shape index (κ1) is 30.4. The second kappa shape index (κ2) is 12.9. The average Bonchev–Trinajstić information content (AvgIpc) is 3.71. The largest absolute Gasteiger partial charge is 0.288 e. The summed E-state index contributed by atoms with van der Waals surface area (Å²) in [6.45, 7) is 2.22. The second-order valence-corrected chi connectivity index (χ2v) is 13.1. The van der Waals surface area contributed by atoms with E-state index in [-0.39, 0.29) is 34.3 Å². The van der Waals surface area contributed by atoms with Crippen LogP contribution in [-0.2, 0) is 6.42 Å². The van der Waals surface area contributed by atoms with Gasteiger partial charge in [0.2, 0.25) is 0 Å². The van der Waals surface area contributed by atoms with Gasteiger partial charge in [-0.2, -0.15) is 0 Å². The summed E-state index contributed by atoms with van der Waals surface area (Å²) in [6, 6.07) is 32.3. The summed E-state index contributed by atoms with van der Waals surface area (Å²) in [6.07, 6.45) is 9.06. The summed E-state index contributed by atoms with van der Waals surface area (Å²) in [5, 5.41) is 0. The molecule has 0 unspecified atom stereocenters. The van der Waals surface area contributed by atoms with Gasteiger partial charge >= 0.3 is 0 Å². The van der Waals surface area contributed by atoms with E-state index in [1.165, 1.54) is 29.7 Å². The predicted octanol–water partition coefficient (Wildman–Crippen LogP) is 10.1. The number of ketones is 4. The molecule has 0 atom stereocenters. The van der Waals surface area contributed by atoms with E-state index in [0.29, 0.717) is 22.3 Å². The van der Waals surface area contributed by atoms with Crippen LogP contribution in [0.1, 0.15) is 90.7 Å². The first-order valence-electron chi connectivity index (χ1n) is 16.1. The molecule has 0 saturated carbocycles. The second-order valence-electron chi connectivity index (χ2n) is 12.0. The van der Waals surface area contributed by atoms with Crippen LogP contribution < -0.4 is 0 Å². The van der Waals surface area contributed by atoms with Crippen molar-refractivity contribution in [3.63, 3.8) is 0 Å². The molecular formula is C42H32O4S. The number of unbranched alkanes of at least 4 members (excludes halogenated alkanes) is 3. The molecular weight excluding hydrogens is 601 g/mol. The molecule has 0 bridgehead atoms. The first-order valence-corrected chi connectivity index (χ1v) is 16.9. The Labute approximate surface area is 278 Å². The maximum Gasteiger partial charge on any atom is 0.197 e. The zero-order chi connectivity index (χ0) is 32.5. The highest BCUT2D eigenvalue weighted by molar-refractivity contribution is 7.19. The minimum Gasteiger partial charge on any atom is -0.288 e. The molecule has 0 saturated heterocycles. The van der Waals surface area contributed by atoms with Crippen molar-refractivity contribution in [3.05, 3.63) is 153 Å². The molecule has 2 aliphatic rings. The standard InChI is InChI=1S/C42H32O4S/c1-2-3-4-5-10-30-25-37(28-19-15-26(16-20-28)23-35-38(43)31-11-6-7-12-32(31)39(35)44)47-42(30)29-21-17-27(18-22-29)24-36-40(45)33-13-8-9-14-34(33)41(36)46/h6-9,11-25H,2-5,10H2,1H3. The minimum atomic E-state index is -0.223. The number of allylic oxidation sites excluding steroid dienone is 2. The fourth-order valence-electron chi connectivity index (χ4n) is 6.36. The zero-order valence-corrected chi connectivity index (χ0v) is 26.9. The Balaban J connectivity index is 1.15. The number of thiophene rings is 1. The maximum absolute atomic E-state index is 12.9. The molecule has 1 heterocycles. The van der Waals surface area contributed by atoms with E-state index in [2.05, 4.69) is 25.1 Å². The van der Waals surface area contributed by atoms with Crippen LogP contribution >= 0.6 is 11.3 Å². The van der Waals surface area contributed by atoms with Gasteiger partial charge in [-0.3, -0.25) is 19.2 Å². The number of hydrogen-bond acceptors (Lipinski definition) is 5. The van der Waals surface area contributed by atoms with Crippen LogP contribution in [0.15, 0.2) is 114 Å². The Bertz CT molecular complexity index is 2050. The Morgan fingerprint density at radius 2 is 0.979 bits per heavy atom. The molecule has 0 amide bonds. The summed E-state index contributed by atoms with van der Waals surface area (Å²) in [5.74, 6) is -0.889. The van der Waals surface area contributed by atoms with Gasteiger partial charge in [-0.25, -0.2) is 0 Å². The smallest absolute Gasteiger partial charge is 0.197 e. The molecule has 0 fully saturated rings. The van der Waals surface area contributed by atoms with Crippen molar-refractivity contribution in [1.82, 2.24) is 0 Å². The van der Waals surface area contributed by atoms with E-state index < -0.39 is 0 Å². The van der Waals surface area contributed by atoms with Gasteiger partial charge in [0.15, 0.2) is 23.1 Å². The maximum atomic E-state index is 12.9. The van der Waals surface area contributed by atoms with Gasteiger partial charge in [-0.05, 0) is 58.9 Å². The van der Waals surface area contributed by atoms with Gasteiger partial charge in [0.1, 0.15) is 0 Å². The molecule has 4 nitrogen and oxygen atoms in total. The number of carbonyl (C=O) groups is 4. The molecule has 230 valence electrons. The summed E-state index contributed by atoms with van der Waals surface area (Å²) < 4.78 is 0. The van der Waals surface area contributed by atoms with E-state index in [4.69, 9.17) is 0 Å². The number of hydrogen-bond donors (Lipinski definition) is 0. The SMILES string of the molecule is CCCCCCc1cc(-c2ccc(C=C3C(=O)c4ccccc4C3=O)cc2)sc1-c1ccc(C=C2C(=O)c3ccccc3C2=O)cc1. The lowest BCUT2D eigenvalue weighted by Crippen LogP contribution is -2.00. The molecule has 4 aromatic carbocycles. The summed E-state index contributed by atoms with van der Waals surface area (Å²) in [7, 11) is 0. The van der Waals surface area contributed by atoms with Crippen LogP contribution in [0, 0.1) is 0 Å². The normalized spacial score (nSPS) is 13.7. The third-order valence-electron chi connectivity index (χ3n) is 8.91. The van der Waals surface area contributed by atoms with E-state index in [1.54, 1.807) is 72.0 Å². The Kier molecular flexibility index (Phi) is 8.32. The van der Waals surface area contributed by atoms with E-state index in [9.17, 15) is 19.2 Å². The first-order chi connectivity index (χ1) is 22.9. The number of benzene rings is 4. The van der Waals surface area contributed by atoms with Gasteiger partial charge in [0.25, 0.3) is 0 Å². The van der Waals surface area contributed by atoms with E-state index in [0.717, 1.165) is 40.0 Å². The number of aryl methyl sites for hydroxylation is 1. The summed E-state index contributed by atoms with van der Waals surface area (Å²) in [4.78, 5) is 53.9. The predicted molar refractivity (Wildman–Crippen MR) is 189 cm³/mol. The highest BCUT2D eigenvalue weighted by Gasteiger charge is 2.33. The van der Waals surface area contributed by atoms with Crippen molar-refractivity contribution in [2.75, 3.05) is 0 Å². The fraction of sp³-hybridized carbons (Fsp3) is 0.143. The van der Waals surface area contributed by atoms with Crippen molar-refractivity contribution in [1.29, 1.82) is 0 Å². The molecule has 0 spiro atoms. The zero-order valence-electron chi connectivity index (χ0n) is 26.0.